The van der Waals surface area contributed by atoms with Crippen LogP contribution in [0, 0.1) is 5.92 Å². The van der Waals surface area contributed by atoms with Gasteiger partial charge in [0.05, 0.1) is 6.20 Å². The van der Waals surface area contributed by atoms with E-state index in [1.54, 1.807) is 16.0 Å². The smallest absolute Gasteiger partial charge is 0.342 e. The molecule has 0 saturated carbocycles. The van der Waals surface area contributed by atoms with Gasteiger partial charge in [0.25, 0.3) is 0 Å². The van der Waals surface area contributed by atoms with E-state index in [2.05, 4.69) is 10.3 Å². The van der Waals surface area contributed by atoms with Crippen molar-refractivity contribution >= 4 is 17.2 Å². The second kappa shape index (κ2) is 6.92. The first-order valence-corrected chi connectivity index (χ1v) is 8.62. The molecular formula is C15H17F3N4OS. The van der Waals surface area contributed by atoms with Crippen molar-refractivity contribution in [3.63, 3.8) is 0 Å². The Morgan fingerprint density at radius 3 is 2.96 bits per heavy atom. The predicted octanol–water partition coefficient (Wildman–Crippen LogP) is 3.20. The lowest BCUT2D eigenvalue weighted by atomic mass is 9.97. The monoisotopic (exact) mass is 358 g/mol. The summed E-state index contributed by atoms with van der Waals surface area (Å²) in [5.41, 5.74) is 1.77. The van der Waals surface area contributed by atoms with E-state index in [0.29, 0.717) is 26.1 Å². The van der Waals surface area contributed by atoms with Crippen molar-refractivity contribution in [3.8, 4) is 11.3 Å². The molecule has 3 rings (SSSR count). The Labute approximate surface area is 141 Å². The van der Waals surface area contributed by atoms with Crippen molar-refractivity contribution < 1.29 is 18.0 Å². The van der Waals surface area contributed by atoms with E-state index in [4.69, 9.17) is 0 Å². The van der Waals surface area contributed by atoms with Gasteiger partial charge in [-0.3, -0.25) is 9.48 Å². The fraction of sp³-hybridized carbons (Fsp3) is 0.533. The number of hydrogen-bond acceptors (Lipinski definition) is 4. The third-order valence-corrected chi connectivity index (χ3v) is 4.71. The van der Waals surface area contributed by atoms with Crippen LogP contribution in [0.3, 0.4) is 0 Å². The van der Waals surface area contributed by atoms with Crippen molar-refractivity contribution in [2.75, 3.05) is 13.1 Å². The molecule has 0 N–H and O–H groups in total. The first kappa shape index (κ1) is 16.9. The number of thiophene rings is 1. The first-order chi connectivity index (χ1) is 11.4. The van der Waals surface area contributed by atoms with Gasteiger partial charge >= 0.3 is 6.18 Å². The van der Waals surface area contributed by atoms with Gasteiger partial charge in [-0.1, -0.05) is 5.21 Å². The first-order valence-electron chi connectivity index (χ1n) is 7.68. The van der Waals surface area contributed by atoms with Gasteiger partial charge in [0, 0.05) is 30.6 Å². The third kappa shape index (κ3) is 4.34. The molecular weight excluding hydrogens is 341 g/mol. The largest absolute Gasteiger partial charge is 0.397 e. The fourth-order valence-electron chi connectivity index (χ4n) is 2.92. The Morgan fingerprint density at radius 2 is 2.25 bits per heavy atom. The van der Waals surface area contributed by atoms with E-state index in [0.717, 1.165) is 17.7 Å². The van der Waals surface area contributed by atoms with E-state index in [1.807, 2.05) is 23.0 Å². The molecule has 1 saturated heterocycles. The molecule has 0 radical (unpaired) electrons. The second-order valence-corrected chi connectivity index (χ2v) is 6.76. The average molecular weight is 358 g/mol. The summed E-state index contributed by atoms with van der Waals surface area (Å²) in [4.78, 5) is 13.1. The fourth-order valence-corrected chi connectivity index (χ4v) is 3.57. The molecule has 1 aliphatic heterocycles. The van der Waals surface area contributed by atoms with E-state index in [-0.39, 0.29) is 5.92 Å². The van der Waals surface area contributed by atoms with E-state index in [9.17, 15) is 18.0 Å². The highest BCUT2D eigenvalue weighted by molar-refractivity contribution is 7.08. The number of halogens is 3. The van der Waals surface area contributed by atoms with Gasteiger partial charge in [-0.15, -0.1) is 5.10 Å². The topological polar surface area (TPSA) is 51.0 Å². The van der Waals surface area contributed by atoms with Gasteiger partial charge in [0.15, 0.2) is 0 Å². The van der Waals surface area contributed by atoms with Crippen LogP contribution in [0.4, 0.5) is 13.2 Å². The number of amides is 1. The Hall–Kier alpha value is -1.90. The summed E-state index contributed by atoms with van der Waals surface area (Å²) in [7, 11) is 0. The van der Waals surface area contributed by atoms with Gasteiger partial charge in [-0.2, -0.15) is 24.5 Å². The lowest BCUT2D eigenvalue weighted by Gasteiger charge is -2.32. The maximum absolute atomic E-state index is 12.4. The predicted molar refractivity (Wildman–Crippen MR) is 83.3 cm³/mol. The molecule has 1 fully saturated rings. The van der Waals surface area contributed by atoms with Crippen LogP contribution in [0.5, 0.6) is 0 Å². The highest BCUT2D eigenvalue weighted by Gasteiger charge is 2.35. The van der Waals surface area contributed by atoms with Crippen molar-refractivity contribution in [2.45, 2.75) is 32.0 Å². The normalized spacial score (nSPS) is 18.8. The number of nitrogens with zero attached hydrogens (tertiary/aromatic N) is 4. The van der Waals surface area contributed by atoms with Gasteiger partial charge in [0.1, 0.15) is 12.1 Å². The quantitative estimate of drug-likeness (QED) is 0.843. The van der Waals surface area contributed by atoms with Crippen LogP contribution in [-0.2, 0) is 11.3 Å². The Bertz CT molecular complexity index is 683. The second-order valence-electron chi connectivity index (χ2n) is 5.98. The molecule has 2 aromatic rings. The molecule has 2 aromatic heterocycles. The minimum absolute atomic E-state index is 0.0907. The molecule has 24 heavy (non-hydrogen) atoms. The van der Waals surface area contributed by atoms with Crippen LogP contribution >= 0.6 is 11.3 Å². The maximum Gasteiger partial charge on any atom is 0.397 e. The average Bonchev–Trinajstić information content (AvgIpc) is 3.16. The minimum Gasteiger partial charge on any atom is -0.342 e. The standard InChI is InChI=1S/C15H17F3N4OS/c16-15(17,18)6-14(23)21-4-1-2-11(7-21)8-22-9-13(19-20-22)12-3-5-24-10-12/h3,5,9-11H,1-2,4,6-8H2. The van der Waals surface area contributed by atoms with Gasteiger partial charge in [0.2, 0.25) is 5.91 Å². The highest BCUT2D eigenvalue weighted by atomic mass is 32.1. The van der Waals surface area contributed by atoms with Gasteiger partial charge in [-0.25, -0.2) is 0 Å². The number of hydrogen-bond donors (Lipinski definition) is 0. The summed E-state index contributed by atoms with van der Waals surface area (Å²) in [5.74, 6) is -0.752. The zero-order valence-electron chi connectivity index (χ0n) is 12.9. The summed E-state index contributed by atoms with van der Waals surface area (Å²) in [6, 6.07) is 1.96. The molecule has 0 spiro atoms. The van der Waals surface area contributed by atoms with Crippen molar-refractivity contribution in [3.05, 3.63) is 23.0 Å². The van der Waals surface area contributed by atoms with Crippen LogP contribution in [0.15, 0.2) is 23.0 Å². The molecule has 1 amide bonds. The summed E-state index contributed by atoms with van der Waals surface area (Å²) in [5, 5.41) is 12.1. The number of piperidine rings is 1. The molecule has 0 bridgehead atoms. The van der Waals surface area contributed by atoms with Gasteiger partial charge < -0.3 is 4.90 Å². The Balaban J connectivity index is 1.58. The molecule has 1 aliphatic rings. The van der Waals surface area contributed by atoms with Crippen LogP contribution in [0.2, 0.25) is 0 Å². The molecule has 1 atom stereocenters. The van der Waals surface area contributed by atoms with E-state index < -0.39 is 18.5 Å². The third-order valence-electron chi connectivity index (χ3n) is 4.02. The van der Waals surface area contributed by atoms with Gasteiger partial charge in [-0.05, 0) is 30.2 Å². The van der Waals surface area contributed by atoms with E-state index >= 15 is 0 Å². The zero-order chi connectivity index (χ0) is 17.2. The van der Waals surface area contributed by atoms with Crippen LogP contribution in [-0.4, -0.2) is 45.1 Å². The number of aromatic nitrogens is 3. The summed E-state index contributed by atoms with van der Waals surface area (Å²) in [6.45, 7) is 1.28. The summed E-state index contributed by atoms with van der Waals surface area (Å²) >= 11 is 1.57. The summed E-state index contributed by atoms with van der Waals surface area (Å²) < 4.78 is 38.8. The van der Waals surface area contributed by atoms with Crippen molar-refractivity contribution in [1.82, 2.24) is 19.9 Å². The maximum atomic E-state index is 12.4. The molecule has 9 heteroatoms. The number of rotatable bonds is 4. The summed E-state index contributed by atoms with van der Waals surface area (Å²) in [6.07, 6.45) is -2.43. The molecule has 0 aliphatic carbocycles. The van der Waals surface area contributed by atoms with E-state index in [1.165, 1.54) is 4.90 Å². The number of likely N-dealkylation sites (tertiary alicyclic amines) is 1. The molecule has 1 unspecified atom stereocenters. The molecule has 130 valence electrons. The number of alkyl halides is 3. The zero-order valence-corrected chi connectivity index (χ0v) is 13.7. The highest BCUT2D eigenvalue weighted by Crippen LogP contribution is 2.25. The van der Waals surface area contributed by atoms with Crippen molar-refractivity contribution in [2.24, 2.45) is 5.92 Å². The molecule has 0 aromatic carbocycles. The SMILES string of the molecule is O=C(CC(F)(F)F)N1CCCC(Cn2cc(-c3ccsc3)nn2)C1. The lowest BCUT2D eigenvalue weighted by molar-refractivity contribution is -0.162. The molecule has 3 heterocycles. The lowest BCUT2D eigenvalue weighted by Crippen LogP contribution is -2.42. The minimum atomic E-state index is -4.45. The van der Waals surface area contributed by atoms with Crippen LogP contribution in [0.1, 0.15) is 19.3 Å². The Morgan fingerprint density at radius 1 is 1.42 bits per heavy atom. The molecule has 5 nitrogen and oxygen atoms in total. The number of carbonyl (C=O) groups is 1. The number of carbonyl (C=O) groups excluding carboxylic acids is 1. The van der Waals surface area contributed by atoms with Crippen LogP contribution in [0.25, 0.3) is 11.3 Å². The Kier molecular flexibility index (Phi) is 4.88. The van der Waals surface area contributed by atoms with Crippen molar-refractivity contribution in [1.29, 1.82) is 0 Å². The van der Waals surface area contributed by atoms with Crippen LogP contribution < -0.4 is 0 Å².